The van der Waals surface area contributed by atoms with Gasteiger partial charge in [0.15, 0.2) is 17.2 Å². The monoisotopic (exact) mass is 811 g/mol. The largest absolute Gasteiger partial charge is 0.476 e. The van der Waals surface area contributed by atoms with Gasteiger partial charge >= 0.3 is 5.97 Å². The molecule has 312 valence electrons. The van der Waals surface area contributed by atoms with Crippen molar-refractivity contribution in [1.82, 2.24) is 50.0 Å². The Hall–Kier alpha value is -5.80. The number of carboxylic acids is 1. The van der Waals surface area contributed by atoms with E-state index in [1.807, 2.05) is 23.2 Å². The van der Waals surface area contributed by atoms with Crippen molar-refractivity contribution in [2.24, 2.45) is 5.73 Å². The Bertz CT molecular complexity index is 2320. The molecule has 4 aliphatic heterocycles. The quantitative estimate of drug-likeness (QED) is 0.145. The smallest absolute Gasteiger partial charge is 0.358 e. The van der Waals surface area contributed by atoms with Crippen LogP contribution < -0.4 is 15.5 Å². The second-order valence-electron chi connectivity index (χ2n) is 14.6. The van der Waals surface area contributed by atoms with Gasteiger partial charge in [0.1, 0.15) is 47.1 Å². The molecule has 0 atom stereocenters. The summed E-state index contributed by atoms with van der Waals surface area (Å²) < 4.78 is 21.1. The summed E-state index contributed by atoms with van der Waals surface area (Å²) in [6, 6.07) is 3.89. The minimum atomic E-state index is -1.07. The lowest BCUT2D eigenvalue weighted by atomic mass is 10.0. The number of morpholine rings is 2. The number of carbonyl (C=O) groups is 2. The van der Waals surface area contributed by atoms with Crippen molar-refractivity contribution in [3.05, 3.63) is 71.2 Å². The third-order valence-electron chi connectivity index (χ3n) is 10.9. The molecule has 0 unspecified atom stereocenters. The third kappa shape index (κ3) is 9.26. The highest BCUT2D eigenvalue weighted by molar-refractivity contribution is 5.96. The van der Waals surface area contributed by atoms with Crippen LogP contribution in [0.5, 0.6) is 0 Å². The topological polar surface area (TPSA) is 247 Å². The molecule has 6 aromatic rings. The molecule has 10 rings (SSSR count). The molecule has 6 aromatic heterocycles. The van der Waals surface area contributed by atoms with E-state index in [2.05, 4.69) is 54.9 Å². The molecular formula is C39H49N13O7. The first-order chi connectivity index (χ1) is 29.0. The number of nitrogens with one attached hydrogen (secondary N) is 2. The van der Waals surface area contributed by atoms with Crippen LogP contribution >= 0.6 is 0 Å². The van der Waals surface area contributed by atoms with Crippen LogP contribution in [-0.4, -0.2) is 152 Å². The normalized spacial score (nSPS) is 17.2. The highest BCUT2D eigenvalue weighted by Crippen LogP contribution is 2.31. The summed E-state index contributed by atoms with van der Waals surface area (Å²) in [6.45, 7) is 12.4. The van der Waals surface area contributed by atoms with E-state index in [9.17, 15) is 9.59 Å². The molecule has 0 saturated carbocycles. The van der Waals surface area contributed by atoms with Crippen LogP contribution in [0.25, 0.3) is 22.1 Å². The van der Waals surface area contributed by atoms with Gasteiger partial charge in [0, 0.05) is 95.1 Å². The van der Waals surface area contributed by atoms with E-state index >= 15 is 0 Å². The van der Waals surface area contributed by atoms with Crippen molar-refractivity contribution in [2.75, 3.05) is 95.1 Å². The summed E-state index contributed by atoms with van der Waals surface area (Å²) in [7, 11) is 0. The number of H-pyrrole nitrogens is 2. The molecular weight excluding hydrogens is 763 g/mol. The maximum Gasteiger partial charge on any atom is 0.358 e. The number of nitrogens with zero attached hydrogens (tertiary/aromatic N) is 10. The fourth-order valence-electron chi connectivity index (χ4n) is 7.80. The summed E-state index contributed by atoms with van der Waals surface area (Å²) >= 11 is 0. The molecule has 0 radical (unpaired) electrons. The minimum Gasteiger partial charge on any atom is -0.476 e. The van der Waals surface area contributed by atoms with E-state index in [0.29, 0.717) is 55.9 Å². The molecule has 0 spiro atoms. The lowest BCUT2D eigenvalue weighted by Crippen LogP contribution is -2.39. The van der Waals surface area contributed by atoms with Crippen molar-refractivity contribution < 1.29 is 33.2 Å². The number of hydrogen-bond acceptors (Lipinski definition) is 17. The fourth-order valence-corrected chi connectivity index (χ4v) is 7.80. The van der Waals surface area contributed by atoms with Crippen molar-refractivity contribution in [3.8, 4) is 0 Å². The van der Waals surface area contributed by atoms with Gasteiger partial charge in [-0.05, 0) is 25.1 Å². The predicted octanol–water partition coefficient (Wildman–Crippen LogP) is 2.29. The second kappa shape index (κ2) is 18.9. The highest BCUT2D eigenvalue weighted by Gasteiger charge is 2.30. The van der Waals surface area contributed by atoms with E-state index in [1.54, 1.807) is 12.5 Å². The number of carbonyl (C=O) groups excluding carboxylic acids is 1. The maximum atomic E-state index is 12.8. The van der Waals surface area contributed by atoms with Gasteiger partial charge in [-0.15, -0.1) is 0 Å². The van der Waals surface area contributed by atoms with Gasteiger partial charge in [-0.2, -0.15) is 0 Å². The Kier molecular flexibility index (Phi) is 12.8. The van der Waals surface area contributed by atoms with E-state index < -0.39 is 5.97 Å². The fraction of sp³-hybridized carbons (Fsp3) is 0.487. The Labute approximate surface area is 339 Å². The van der Waals surface area contributed by atoms with Gasteiger partial charge in [0.05, 0.1) is 50.3 Å². The van der Waals surface area contributed by atoms with Crippen LogP contribution in [0.15, 0.2) is 46.2 Å². The number of anilines is 2. The molecule has 0 bridgehead atoms. The lowest BCUT2D eigenvalue weighted by molar-refractivity contribution is 0.0371. The van der Waals surface area contributed by atoms with Crippen LogP contribution in [0.3, 0.4) is 0 Å². The molecule has 59 heavy (non-hydrogen) atoms. The van der Waals surface area contributed by atoms with Gasteiger partial charge in [0.25, 0.3) is 0 Å². The van der Waals surface area contributed by atoms with Crippen LogP contribution in [0.2, 0.25) is 0 Å². The van der Waals surface area contributed by atoms with E-state index in [4.69, 9.17) is 29.4 Å². The molecule has 0 amide bonds. The molecule has 5 N–H and O–H groups in total. The van der Waals surface area contributed by atoms with Crippen molar-refractivity contribution in [3.63, 3.8) is 0 Å². The SMILES string of the molecule is NCCN1CCOCC1.O=C(CCCN1CCOCC1)c1noc2c1CN(c1ncnc3[nH]ccc13)CC2.O=C(O)c1noc2c1CN(c1ncnc3[nH]ccc13)CC2. The van der Waals surface area contributed by atoms with Crippen LogP contribution in [0, 0.1) is 0 Å². The lowest BCUT2D eigenvalue weighted by Gasteiger charge is -2.27. The maximum absolute atomic E-state index is 12.8. The number of fused-ring (bicyclic) bond motifs is 4. The van der Waals surface area contributed by atoms with E-state index in [-0.39, 0.29) is 11.5 Å². The van der Waals surface area contributed by atoms with Crippen LogP contribution in [0.4, 0.5) is 11.6 Å². The Balaban J connectivity index is 0.000000140. The Morgan fingerprint density at radius 1 is 0.695 bits per heavy atom. The zero-order valence-electron chi connectivity index (χ0n) is 32.8. The van der Waals surface area contributed by atoms with Gasteiger partial charge in [-0.1, -0.05) is 10.3 Å². The summed E-state index contributed by atoms with van der Waals surface area (Å²) in [4.78, 5) is 56.2. The molecule has 2 saturated heterocycles. The number of hydrogen-bond donors (Lipinski definition) is 4. The van der Waals surface area contributed by atoms with Crippen molar-refractivity contribution in [2.45, 2.75) is 38.8 Å². The van der Waals surface area contributed by atoms with Crippen LogP contribution in [0.1, 0.15) is 56.5 Å². The van der Waals surface area contributed by atoms with Gasteiger partial charge in [-0.25, -0.2) is 24.7 Å². The predicted molar refractivity (Wildman–Crippen MR) is 214 cm³/mol. The molecule has 4 aliphatic rings. The van der Waals surface area contributed by atoms with Crippen LogP contribution in [-0.2, 0) is 35.4 Å². The summed E-state index contributed by atoms with van der Waals surface area (Å²) in [5, 5.41) is 18.8. The molecule has 0 aliphatic carbocycles. The first-order valence-corrected chi connectivity index (χ1v) is 20.0. The molecule has 0 aromatic carbocycles. The van der Waals surface area contributed by atoms with E-state index in [0.717, 1.165) is 130 Å². The minimum absolute atomic E-state index is 0.0194. The number of rotatable bonds is 10. The molecule has 2 fully saturated rings. The molecule has 10 heterocycles. The van der Waals surface area contributed by atoms with Gasteiger partial charge < -0.3 is 49.1 Å². The zero-order valence-corrected chi connectivity index (χ0v) is 32.8. The second-order valence-corrected chi connectivity index (χ2v) is 14.6. The number of aromatic amines is 2. The summed E-state index contributed by atoms with van der Waals surface area (Å²) in [5.74, 6) is 2.09. The van der Waals surface area contributed by atoms with Crippen molar-refractivity contribution in [1.29, 1.82) is 0 Å². The summed E-state index contributed by atoms with van der Waals surface area (Å²) in [6.07, 6.45) is 9.34. The summed E-state index contributed by atoms with van der Waals surface area (Å²) in [5.41, 5.74) is 8.92. The number of ether oxygens (including phenoxy) is 2. The first kappa shape index (κ1) is 40.0. The Morgan fingerprint density at radius 2 is 1.20 bits per heavy atom. The van der Waals surface area contributed by atoms with Crippen molar-refractivity contribution >= 4 is 45.5 Å². The third-order valence-corrected chi connectivity index (χ3v) is 10.9. The van der Waals surface area contributed by atoms with Gasteiger partial charge in [-0.3, -0.25) is 14.6 Å². The number of nitrogens with two attached hydrogens (primary N) is 1. The van der Waals surface area contributed by atoms with Gasteiger partial charge in [0.2, 0.25) is 0 Å². The number of ketones is 1. The number of Topliss-reactive ketones (excluding diaryl/α,β-unsaturated/α-hetero) is 1. The number of carboxylic acid groups (broad SMARTS) is 1. The zero-order chi connectivity index (χ0) is 40.6. The number of aromatic nitrogens is 8. The highest BCUT2D eigenvalue weighted by atomic mass is 16.5. The average molecular weight is 812 g/mol. The average Bonchev–Trinajstić information content (AvgIpc) is 4.11. The number of aromatic carboxylic acids is 1. The van der Waals surface area contributed by atoms with E-state index in [1.165, 1.54) is 6.33 Å². The standard InChI is InChI=1S/C20H24N6O3.C13H11N5O3.C6H14N2O/c27-16(2-1-6-25-8-10-28-11-9-25)18-15-12-26(7-4-17(15)29-24-18)20-14-3-5-21-19(14)22-13-23-20;19-13(20)10-8-5-18(4-2-9(8)21-17-10)12-7-1-3-14-11(7)15-6-16-12;7-1-2-8-3-5-9-6-4-8/h3,5,13H,1-2,4,6-12H2,(H,21,22,23);1,3,6H,2,4-5H2,(H,19,20)(H,14,15,16);1-7H2. The molecule has 20 heteroatoms. The first-order valence-electron chi connectivity index (χ1n) is 20.0. The Morgan fingerprint density at radius 3 is 1.73 bits per heavy atom. The molecule has 20 nitrogen and oxygen atoms in total.